The molecule has 0 aliphatic heterocycles. The number of anilines is 1. The Labute approximate surface area is 138 Å². The van der Waals surface area contributed by atoms with Gasteiger partial charge >= 0.3 is 0 Å². The van der Waals surface area contributed by atoms with Gasteiger partial charge in [0.05, 0.1) is 6.61 Å². The first-order valence-corrected chi connectivity index (χ1v) is 7.73. The van der Waals surface area contributed by atoms with Crippen molar-refractivity contribution < 1.29 is 9.53 Å². The zero-order chi connectivity index (χ0) is 15.1. The topological polar surface area (TPSA) is 38.3 Å². The first kappa shape index (κ1) is 15.6. The number of hydrogen-bond acceptors (Lipinski definition) is 3. The Kier molecular flexibility index (Phi) is 5.80. The Morgan fingerprint density at radius 1 is 1.14 bits per heavy atom. The molecule has 0 aliphatic rings. The fourth-order valence-electron chi connectivity index (χ4n) is 1.74. The van der Waals surface area contributed by atoms with Crippen LogP contribution < -0.4 is 10.1 Å². The molecule has 0 saturated carbocycles. The molecule has 2 aromatic carbocycles. The van der Waals surface area contributed by atoms with Crippen LogP contribution in [0.1, 0.15) is 17.3 Å². The molecular weight excluding hydrogens is 377 g/mol. The van der Waals surface area contributed by atoms with Crippen molar-refractivity contribution in [2.24, 2.45) is 0 Å². The monoisotopic (exact) mass is 393 g/mol. The standard InChI is InChI=1S/C17H16INO2/c1-2-21-16-9-3-13(4-10-16)17(20)11-12-19-15-7-5-14(18)6-8-15/h3-12,19H,2H2,1H3. The number of nitrogens with one attached hydrogen (secondary N) is 1. The molecule has 0 spiro atoms. The maximum atomic E-state index is 12.0. The molecule has 2 aromatic rings. The SMILES string of the molecule is CCOc1ccc(C(=O)C=CNc2ccc(I)cc2)cc1. The lowest BCUT2D eigenvalue weighted by Gasteiger charge is -2.03. The lowest BCUT2D eigenvalue weighted by molar-refractivity contribution is 0.104. The summed E-state index contributed by atoms with van der Waals surface area (Å²) in [7, 11) is 0. The number of halogens is 1. The summed E-state index contributed by atoms with van der Waals surface area (Å²) in [5.74, 6) is 0.728. The Morgan fingerprint density at radius 3 is 2.43 bits per heavy atom. The van der Waals surface area contributed by atoms with E-state index in [0.29, 0.717) is 12.2 Å². The second-order valence-corrected chi connectivity index (χ2v) is 5.55. The molecule has 0 radical (unpaired) electrons. The van der Waals surface area contributed by atoms with Gasteiger partial charge in [-0.15, -0.1) is 0 Å². The highest BCUT2D eigenvalue weighted by molar-refractivity contribution is 14.1. The van der Waals surface area contributed by atoms with Crippen molar-refractivity contribution in [1.82, 2.24) is 0 Å². The van der Waals surface area contributed by atoms with E-state index in [4.69, 9.17) is 4.74 Å². The fourth-order valence-corrected chi connectivity index (χ4v) is 2.10. The summed E-state index contributed by atoms with van der Waals surface area (Å²) in [6.07, 6.45) is 3.18. The molecule has 0 aliphatic carbocycles. The van der Waals surface area contributed by atoms with Crippen molar-refractivity contribution in [3.8, 4) is 5.75 Å². The number of allylic oxidation sites excluding steroid dienone is 1. The van der Waals surface area contributed by atoms with Gasteiger partial charge in [0.25, 0.3) is 0 Å². The van der Waals surface area contributed by atoms with E-state index in [1.807, 2.05) is 31.2 Å². The summed E-state index contributed by atoms with van der Waals surface area (Å²) in [6.45, 7) is 2.55. The summed E-state index contributed by atoms with van der Waals surface area (Å²) in [5, 5.41) is 3.07. The zero-order valence-electron chi connectivity index (χ0n) is 11.7. The normalized spacial score (nSPS) is 10.6. The van der Waals surface area contributed by atoms with E-state index in [1.165, 1.54) is 9.65 Å². The molecule has 1 N–H and O–H groups in total. The largest absolute Gasteiger partial charge is 0.494 e. The third-order valence-electron chi connectivity index (χ3n) is 2.78. The number of carbonyl (C=O) groups excluding carboxylic acids is 1. The molecule has 0 atom stereocenters. The van der Waals surface area contributed by atoms with Gasteiger partial charge in [0.1, 0.15) is 5.75 Å². The highest BCUT2D eigenvalue weighted by Gasteiger charge is 2.01. The van der Waals surface area contributed by atoms with Gasteiger partial charge in [-0.25, -0.2) is 0 Å². The van der Waals surface area contributed by atoms with Crippen molar-refractivity contribution in [3.63, 3.8) is 0 Å². The first-order valence-electron chi connectivity index (χ1n) is 6.65. The smallest absolute Gasteiger partial charge is 0.187 e. The molecule has 0 fully saturated rings. The number of ketones is 1. The Bertz CT molecular complexity index is 618. The van der Waals surface area contributed by atoms with Gasteiger partial charge in [0, 0.05) is 27.1 Å². The van der Waals surface area contributed by atoms with Crippen molar-refractivity contribution >= 4 is 34.1 Å². The van der Waals surface area contributed by atoms with Crippen molar-refractivity contribution in [2.75, 3.05) is 11.9 Å². The van der Waals surface area contributed by atoms with E-state index in [-0.39, 0.29) is 5.78 Å². The predicted octanol–water partition coefficient (Wildman–Crippen LogP) is 4.50. The Morgan fingerprint density at radius 2 is 1.81 bits per heavy atom. The lowest BCUT2D eigenvalue weighted by Crippen LogP contribution is -1.97. The van der Waals surface area contributed by atoms with Crippen LogP contribution in [-0.4, -0.2) is 12.4 Å². The van der Waals surface area contributed by atoms with E-state index in [0.717, 1.165) is 11.4 Å². The van der Waals surface area contributed by atoms with Gasteiger partial charge in [-0.2, -0.15) is 0 Å². The second kappa shape index (κ2) is 7.83. The van der Waals surface area contributed by atoms with Crippen molar-refractivity contribution in [3.05, 3.63) is 69.9 Å². The third kappa shape index (κ3) is 4.90. The van der Waals surface area contributed by atoms with Crippen molar-refractivity contribution in [1.29, 1.82) is 0 Å². The van der Waals surface area contributed by atoms with E-state index >= 15 is 0 Å². The van der Waals surface area contributed by atoms with Crippen LogP contribution in [0.15, 0.2) is 60.8 Å². The van der Waals surface area contributed by atoms with Crippen LogP contribution in [0.4, 0.5) is 5.69 Å². The molecule has 0 saturated heterocycles. The van der Waals surface area contributed by atoms with E-state index in [9.17, 15) is 4.79 Å². The number of rotatable bonds is 6. The van der Waals surface area contributed by atoms with Crippen LogP contribution in [0.5, 0.6) is 5.75 Å². The van der Waals surface area contributed by atoms with Gasteiger partial charge in [0.2, 0.25) is 0 Å². The van der Waals surface area contributed by atoms with E-state index in [2.05, 4.69) is 27.9 Å². The summed E-state index contributed by atoms with van der Waals surface area (Å²) in [6, 6.07) is 15.1. The fraction of sp³-hybridized carbons (Fsp3) is 0.118. The van der Waals surface area contributed by atoms with Gasteiger partial charge in [-0.05, 0) is 78.0 Å². The second-order valence-electron chi connectivity index (χ2n) is 4.31. The Balaban J connectivity index is 1.94. The average molecular weight is 393 g/mol. The minimum absolute atomic E-state index is 0.0453. The van der Waals surface area contributed by atoms with Gasteiger partial charge in [-0.3, -0.25) is 4.79 Å². The zero-order valence-corrected chi connectivity index (χ0v) is 13.8. The maximum Gasteiger partial charge on any atom is 0.187 e. The van der Waals surface area contributed by atoms with Crippen LogP contribution in [0.3, 0.4) is 0 Å². The molecule has 108 valence electrons. The van der Waals surface area contributed by atoms with Gasteiger partial charge in [-0.1, -0.05) is 0 Å². The van der Waals surface area contributed by atoms with Crippen LogP contribution in [0.25, 0.3) is 0 Å². The van der Waals surface area contributed by atoms with E-state index < -0.39 is 0 Å². The molecule has 0 amide bonds. The predicted molar refractivity (Wildman–Crippen MR) is 93.9 cm³/mol. The quantitative estimate of drug-likeness (QED) is 0.446. The van der Waals surface area contributed by atoms with E-state index in [1.54, 1.807) is 30.5 Å². The summed E-state index contributed by atoms with van der Waals surface area (Å²) < 4.78 is 6.52. The molecule has 21 heavy (non-hydrogen) atoms. The molecule has 2 rings (SSSR count). The van der Waals surface area contributed by atoms with Gasteiger partial charge in [0.15, 0.2) is 5.78 Å². The molecule has 0 aromatic heterocycles. The summed E-state index contributed by atoms with van der Waals surface area (Å²) >= 11 is 2.25. The number of carbonyl (C=O) groups is 1. The molecule has 4 heteroatoms. The number of ether oxygens (including phenoxy) is 1. The first-order chi connectivity index (χ1) is 10.2. The summed E-state index contributed by atoms with van der Waals surface area (Å²) in [5.41, 5.74) is 1.59. The highest BCUT2D eigenvalue weighted by atomic mass is 127. The van der Waals surface area contributed by atoms with Crippen LogP contribution in [0.2, 0.25) is 0 Å². The van der Waals surface area contributed by atoms with Crippen LogP contribution >= 0.6 is 22.6 Å². The van der Waals surface area contributed by atoms with Gasteiger partial charge < -0.3 is 10.1 Å². The maximum absolute atomic E-state index is 12.0. The Hall–Kier alpha value is -1.82. The minimum Gasteiger partial charge on any atom is -0.494 e. The lowest BCUT2D eigenvalue weighted by atomic mass is 10.1. The number of benzene rings is 2. The average Bonchev–Trinajstić information content (AvgIpc) is 2.50. The van der Waals surface area contributed by atoms with Crippen molar-refractivity contribution in [2.45, 2.75) is 6.92 Å². The summed E-state index contributed by atoms with van der Waals surface area (Å²) in [4.78, 5) is 12.0. The molecule has 0 bridgehead atoms. The third-order valence-corrected chi connectivity index (χ3v) is 3.50. The molecular formula is C17H16INO2. The molecule has 0 unspecified atom stereocenters. The van der Waals surface area contributed by atoms with Crippen LogP contribution in [-0.2, 0) is 0 Å². The highest BCUT2D eigenvalue weighted by Crippen LogP contribution is 2.13. The minimum atomic E-state index is -0.0453. The molecule has 0 heterocycles. The van der Waals surface area contributed by atoms with Crippen LogP contribution in [0, 0.1) is 3.57 Å². The number of hydrogen-bond donors (Lipinski definition) is 1. The molecule has 3 nitrogen and oxygen atoms in total.